The van der Waals surface area contributed by atoms with Gasteiger partial charge in [0.2, 0.25) is 5.91 Å². The van der Waals surface area contributed by atoms with Crippen molar-refractivity contribution in [1.82, 2.24) is 5.43 Å². The summed E-state index contributed by atoms with van der Waals surface area (Å²) in [4.78, 5) is 12.4. The van der Waals surface area contributed by atoms with E-state index in [-0.39, 0.29) is 23.0 Å². The number of phenolic OH excluding ortho intramolecular Hbond substituents is 1. The molecule has 0 radical (unpaired) electrons. The number of hydrogen-bond acceptors (Lipinski definition) is 3. The van der Waals surface area contributed by atoms with Gasteiger partial charge in [-0.05, 0) is 28.8 Å². The van der Waals surface area contributed by atoms with Gasteiger partial charge < -0.3 is 5.11 Å². The summed E-state index contributed by atoms with van der Waals surface area (Å²) >= 11 is 0. The lowest BCUT2D eigenvalue weighted by atomic mass is 9.95. The lowest BCUT2D eigenvalue weighted by Gasteiger charge is -2.10. The predicted molar refractivity (Wildman–Crippen MR) is 103 cm³/mol. The normalized spacial score (nSPS) is 21.8. The van der Waals surface area contributed by atoms with Crippen LogP contribution in [0.15, 0.2) is 71.8 Å². The van der Waals surface area contributed by atoms with Crippen LogP contribution >= 0.6 is 0 Å². The van der Waals surface area contributed by atoms with Crippen LogP contribution in [0.5, 0.6) is 5.75 Å². The van der Waals surface area contributed by atoms with Crippen molar-refractivity contribution in [2.24, 2.45) is 11.0 Å². The van der Waals surface area contributed by atoms with Crippen molar-refractivity contribution in [3.05, 3.63) is 77.9 Å². The highest BCUT2D eigenvalue weighted by atomic mass is 16.3. The van der Waals surface area contributed by atoms with Crippen LogP contribution in [0.2, 0.25) is 0 Å². The van der Waals surface area contributed by atoms with E-state index in [1.54, 1.807) is 6.07 Å². The van der Waals surface area contributed by atoms with Crippen LogP contribution in [-0.2, 0) is 10.2 Å². The summed E-state index contributed by atoms with van der Waals surface area (Å²) in [6.45, 7) is 2.10. The zero-order valence-electron chi connectivity index (χ0n) is 14.5. The van der Waals surface area contributed by atoms with Gasteiger partial charge >= 0.3 is 0 Å². The molecular weight excluding hydrogens is 324 g/mol. The number of carbonyl (C=O) groups excluding carboxylic acids is 1. The molecule has 1 aliphatic carbocycles. The number of benzene rings is 3. The third-order valence-electron chi connectivity index (χ3n) is 5.30. The van der Waals surface area contributed by atoms with Crippen LogP contribution in [0.1, 0.15) is 24.5 Å². The van der Waals surface area contributed by atoms with Gasteiger partial charge in [0.05, 0.1) is 12.1 Å². The first kappa shape index (κ1) is 16.3. The fraction of sp³-hybridized carbons (Fsp3) is 0.182. The van der Waals surface area contributed by atoms with Crippen LogP contribution in [0.3, 0.4) is 0 Å². The topological polar surface area (TPSA) is 61.7 Å². The number of carbonyl (C=O) groups is 1. The van der Waals surface area contributed by atoms with Gasteiger partial charge in [0.25, 0.3) is 0 Å². The molecule has 4 heteroatoms. The number of hydrogen-bond donors (Lipinski definition) is 2. The Morgan fingerprint density at radius 3 is 2.65 bits per heavy atom. The number of phenols is 1. The van der Waals surface area contributed by atoms with Crippen molar-refractivity contribution in [3.63, 3.8) is 0 Å². The maximum atomic E-state index is 12.4. The van der Waals surface area contributed by atoms with Crippen molar-refractivity contribution in [2.45, 2.75) is 18.8 Å². The Bertz CT molecular complexity index is 997. The minimum atomic E-state index is -0.123. The first-order chi connectivity index (χ1) is 12.6. The molecule has 1 saturated carbocycles. The summed E-state index contributed by atoms with van der Waals surface area (Å²) in [6, 6.07) is 21.3. The number of amides is 1. The summed E-state index contributed by atoms with van der Waals surface area (Å²) < 4.78 is 0. The second kappa shape index (κ2) is 6.30. The minimum absolute atomic E-state index is 0.0804. The van der Waals surface area contributed by atoms with Crippen molar-refractivity contribution in [2.75, 3.05) is 0 Å². The van der Waals surface area contributed by atoms with Crippen LogP contribution in [0.25, 0.3) is 10.8 Å². The van der Waals surface area contributed by atoms with Gasteiger partial charge in [-0.2, -0.15) is 5.10 Å². The lowest BCUT2D eigenvalue weighted by Crippen LogP contribution is -2.23. The van der Waals surface area contributed by atoms with E-state index in [0.29, 0.717) is 5.56 Å². The molecule has 1 fully saturated rings. The van der Waals surface area contributed by atoms with Gasteiger partial charge in [-0.3, -0.25) is 4.79 Å². The fourth-order valence-electron chi connectivity index (χ4n) is 3.54. The van der Waals surface area contributed by atoms with E-state index in [1.165, 1.54) is 11.8 Å². The smallest absolute Gasteiger partial charge is 0.244 e. The summed E-state index contributed by atoms with van der Waals surface area (Å²) in [5.74, 6) is -0.0299. The summed E-state index contributed by atoms with van der Waals surface area (Å²) in [6.07, 6.45) is 2.33. The van der Waals surface area contributed by atoms with Crippen molar-refractivity contribution in [1.29, 1.82) is 0 Å². The van der Waals surface area contributed by atoms with Gasteiger partial charge in [0, 0.05) is 11.0 Å². The van der Waals surface area contributed by atoms with Crippen LogP contribution in [-0.4, -0.2) is 17.2 Å². The third-order valence-corrected chi connectivity index (χ3v) is 5.30. The van der Waals surface area contributed by atoms with Crippen molar-refractivity contribution >= 4 is 22.9 Å². The number of fused-ring (bicyclic) bond motifs is 1. The summed E-state index contributed by atoms with van der Waals surface area (Å²) in [7, 11) is 0. The molecule has 130 valence electrons. The van der Waals surface area contributed by atoms with Crippen molar-refractivity contribution < 1.29 is 9.90 Å². The number of nitrogens with zero attached hydrogens (tertiary/aromatic N) is 1. The molecule has 4 rings (SSSR count). The van der Waals surface area contributed by atoms with E-state index in [4.69, 9.17) is 0 Å². The predicted octanol–water partition coefficient (Wildman–Crippen LogP) is 3.97. The molecule has 0 aliphatic heterocycles. The maximum absolute atomic E-state index is 12.4. The quantitative estimate of drug-likeness (QED) is 0.556. The van der Waals surface area contributed by atoms with Gasteiger partial charge in [-0.1, -0.05) is 67.6 Å². The molecule has 2 atom stereocenters. The fourth-order valence-corrected chi connectivity index (χ4v) is 3.54. The second-order valence-electron chi connectivity index (χ2n) is 6.99. The average Bonchev–Trinajstić information content (AvgIpc) is 3.37. The first-order valence-electron chi connectivity index (χ1n) is 8.69. The zero-order valence-corrected chi connectivity index (χ0v) is 14.5. The summed E-state index contributed by atoms with van der Waals surface area (Å²) in [5.41, 5.74) is 4.29. The van der Waals surface area contributed by atoms with E-state index >= 15 is 0 Å². The van der Waals surface area contributed by atoms with Gasteiger partial charge in [-0.25, -0.2) is 5.43 Å². The van der Waals surface area contributed by atoms with Crippen LogP contribution in [0.4, 0.5) is 0 Å². The Balaban J connectivity index is 1.49. The van der Waals surface area contributed by atoms with Gasteiger partial charge in [0.15, 0.2) is 0 Å². The van der Waals surface area contributed by atoms with Gasteiger partial charge in [-0.15, -0.1) is 0 Å². The Kier molecular flexibility index (Phi) is 3.96. The molecule has 0 bridgehead atoms. The molecule has 3 aromatic carbocycles. The molecule has 1 aliphatic rings. The largest absolute Gasteiger partial charge is 0.507 e. The number of hydrazone groups is 1. The molecule has 0 unspecified atom stereocenters. The van der Waals surface area contributed by atoms with Gasteiger partial charge in [0.1, 0.15) is 5.75 Å². The Labute approximate surface area is 152 Å². The molecule has 1 amide bonds. The first-order valence-corrected chi connectivity index (χ1v) is 8.69. The second-order valence-corrected chi connectivity index (χ2v) is 6.99. The Hall–Kier alpha value is -3.14. The summed E-state index contributed by atoms with van der Waals surface area (Å²) in [5, 5.41) is 16.1. The van der Waals surface area contributed by atoms with Crippen LogP contribution in [0, 0.1) is 5.92 Å². The number of nitrogens with one attached hydrogen (secondary N) is 1. The third kappa shape index (κ3) is 2.84. The molecule has 0 heterocycles. The Morgan fingerprint density at radius 2 is 1.85 bits per heavy atom. The highest BCUT2D eigenvalue weighted by Gasteiger charge is 2.55. The average molecular weight is 344 g/mol. The molecule has 4 nitrogen and oxygen atoms in total. The van der Waals surface area contributed by atoms with E-state index in [0.717, 1.165) is 17.2 Å². The van der Waals surface area contributed by atoms with E-state index in [1.807, 2.05) is 48.5 Å². The molecule has 26 heavy (non-hydrogen) atoms. The molecule has 0 aromatic heterocycles. The minimum Gasteiger partial charge on any atom is -0.507 e. The molecule has 3 aromatic rings. The highest BCUT2D eigenvalue weighted by molar-refractivity contribution is 6.02. The zero-order chi connectivity index (χ0) is 18.1. The van der Waals surface area contributed by atoms with E-state index in [2.05, 4.69) is 29.6 Å². The Morgan fingerprint density at radius 1 is 1.12 bits per heavy atom. The van der Waals surface area contributed by atoms with Crippen LogP contribution < -0.4 is 5.43 Å². The maximum Gasteiger partial charge on any atom is 0.244 e. The molecule has 0 saturated heterocycles. The molecular formula is C22H20N2O2. The molecule has 2 N–H and O–H groups in total. The number of aromatic hydroxyl groups is 1. The van der Waals surface area contributed by atoms with E-state index < -0.39 is 0 Å². The monoisotopic (exact) mass is 344 g/mol. The van der Waals surface area contributed by atoms with E-state index in [9.17, 15) is 9.90 Å². The lowest BCUT2D eigenvalue weighted by molar-refractivity contribution is -0.122. The standard InChI is InChI=1S/C22H20N2O2/c1-22(16-8-3-2-4-9-16)13-19(22)21(26)24-23-14-18-17-10-6-5-7-15(17)11-12-20(18)25/h2-12,14,19,25H,13H2,1H3,(H,24,26)/b23-14+/t19-,22+/m1/s1. The molecule has 0 spiro atoms. The van der Waals surface area contributed by atoms with Crippen molar-refractivity contribution in [3.8, 4) is 5.75 Å². The highest BCUT2D eigenvalue weighted by Crippen LogP contribution is 2.53. The SMILES string of the molecule is C[C@@]1(c2ccccc2)C[C@@H]1C(=O)N/N=C/c1c(O)ccc2ccccc12. The number of rotatable bonds is 4.